The largest absolute Gasteiger partial charge is 0.313 e. The van der Waals surface area contributed by atoms with Crippen molar-refractivity contribution in [2.75, 3.05) is 26.7 Å². The van der Waals surface area contributed by atoms with Crippen LogP contribution < -0.4 is 5.32 Å². The minimum atomic E-state index is 0.413. The van der Waals surface area contributed by atoms with Crippen LogP contribution in [0.1, 0.15) is 45.2 Å². The Balaban J connectivity index is 2.53. The summed E-state index contributed by atoms with van der Waals surface area (Å²) in [4.78, 5) is 2.46. The fourth-order valence-electron chi connectivity index (χ4n) is 2.24. The summed E-state index contributed by atoms with van der Waals surface area (Å²) in [6.07, 6.45) is 6.44. The maximum Gasteiger partial charge on any atom is 0.0537 e. The van der Waals surface area contributed by atoms with Crippen molar-refractivity contribution in [1.29, 1.82) is 0 Å². The van der Waals surface area contributed by atoms with Gasteiger partial charge in [0.2, 0.25) is 0 Å². The summed E-state index contributed by atoms with van der Waals surface area (Å²) in [7, 11) is 2.03. The van der Waals surface area contributed by atoms with Crippen LogP contribution in [0.25, 0.3) is 0 Å². The molecule has 1 unspecified atom stereocenters. The third-order valence-corrected chi connectivity index (χ3v) is 3.49. The molecular formula is C14H28N4. The fourth-order valence-corrected chi connectivity index (χ4v) is 2.24. The van der Waals surface area contributed by atoms with Gasteiger partial charge >= 0.3 is 0 Å². The first kappa shape index (κ1) is 15.2. The molecule has 1 N–H and O–H groups in total. The Morgan fingerprint density at radius 1 is 1.33 bits per heavy atom. The van der Waals surface area contributed by atoms with Gasteiger partial charge in [0.1, 0.15) is 0 Å². The fraction of sp³-hybridized carbons (Fsp3) is 0.786. The SMILES string of the molecule is CCCn1cc(C(CCN(CC)CC)NC)cn1. The van der Waals surface area contributed by atoms with Crippen LogP contribution in [0.4, 0.5) is 0 Å². The molecule has 0 bridgehead atoms. The van der Waals surface area contributed by atoms with Gasteiger partial charge in [0.25, 0.3) is 0 Å². The van der Waals surface area contributed by atoms with Crippen molar-refractivity contribution in [3.63, 3.8) is 0 Å². The average molecular weight is 252 g/mol. The molecule has 0 fully saturated rings. The molecule has 0 amide bonds. The van der Waals surface area contributed by atoms with Crippen LogP contribution in [0.15, 0.2) is 12.4 Å². The molecule has 0 aliphatic rings. The number of aromatic nitrogens is 2. The molecule has 0 aliphatic carbocycles. The van der Waals surface area contributed by atoms with Crippen molar-refractivity contribution < 1.29 is 0 Å². The Labute approximate surface area is 111 Å². The maximum atomic E-state index is 4.41. The van der Waals surface area contributed by atoms with E-state index in [0.717, 1.165) is 39.0 Å². The maximum absolute atomic E-state index is 4.41. The van der Waals surface area contributed by atoms with Gasteiger partial charge in [-0.2, -0.15) is 5.10 Å². The van der Waals surface area contributed by atoms with E-state index in [-0.39, 0.29) is 0 Å². The van der Waals surface area contributed by atoms with Gasteiger partial charge in [-0.3, -0.25) is 4.68 Å². The van der Waals surface area contributed by atoms with Crippen molar-refractivity contribution >= 4 is 0 Å². The monoisotopic (exact) mass is 252 g/mol. The third-order valence-electron chi connectivity index (χ3n) is 3.49. The molecule has 4 nitrogen and oxygen atoms in total. The molecule has 0 aliphatic heterocycles. The highest BCUT2D eigenvalue weighted by molar-refractivity contribution is 5.10. The molecule has 1 atom stereocenters. The van der Waals surface area contributed by atoms with Crippen LogP contribution in [0.3, 0.4) is 0 Å². The first-order valence-corrected chi connectivity index (χ1v) is 7.17. The Kier molecular flexibility index (Phi) is 6.98. The zero-order chi connectivity index (χ0) is 13.4. The lowest BCUT2D eigenvalue weighted by Crippen LogP contribution is -2.28. The zero-order valence-electron chi connectivity index (χ0n) is 12.3. The highest BCUT2D eigenvalue weighted by Crippen LogP contribution is 2.16. The quantitative estimate of drug-likeness (QED) is 0.732. The summed E-state index contributed by atoms with van der Waals surface area (Å²) in [5.41, 5.74) is 1.30. The third kappa shape index (κ3) is 4.42. The first-order valence-electron chi connectivity index (χ1n) is 7.17. The Morgan fingerprint density at radius 3 is 2.61 bits per heavy atom. The topological polar surface area (TPSA) is 33.1 Å². The standard InChI is InChI=1S/C14H28N4/c1-5-9-18-12-13(11-16-18)14(15-4)8-10-17(6-2)7-3/h11-12,14-15H,5-10H2,1-4H3. The van der Waals surface area contributed by atoms with E-state index < -0.39 is 0 Å². The van der Waals surface area contributed by atoms with Gasteiger partial charge in [-0.25, -0.2) is 0 Å². The molecule has 1 heterocycles. The summed E-state index contributed by atoms with van der Waals surface area (Å²) in [6.45, 7) is 11.0. The van der Waals surface area contributed by atoms with E-state index in [1.54, 1.807) is 0 Å². The van der Waals surface area contributed by atoms with Gasteiger partial charge in [-0.05, 0) is 39.5 Å². The molecule has 18 heavy (non-hydrogen) atoms. The molecule has 0 saturated carbocycles. The molecule has 1 aromatic heterocycles. The average Bonchev–Trinajstić information content (AvgIpc) is 2.84. The van der Waals surface area contributed by atoms with E-state index in [4.69, 9.17) is 0 Å². The molecule has 0 saturated heterocycles. The predicted molar refractivity (Wildman–Crippen MR) is 76.7 cm³/mol. The zero-order valence-corrected chi connectivity index (χ0v) is 12.3. The van der Waals surface area contributed by atoms with Crippen LogP contribution in [0, 0.1) is 0 Å². The highest BCUT2D eigenvalue weighted by atomic mass is 15.3. The minimum absolute atomic E-state index is 0.413. The van der Waals surface area contributed by atoms with Crippen LogP contribution in [0.2, 0.25) is 0 Å². The number of hydrogen-bond acceptors (Lipinski definition) is 3. The van der Waals surface area contributed by atoms with E-state index >= 15 is 0 Å². The van der Waals surface area contributed by atoms with Gasteiger partial charge in [0, 0.05) is 24.3 Å². The Hall–Kier alpha value is -0.870. The van der Waals surface area contributed by atoms with Crippen molar-refractivity contribution in [2.24, 2.45) is 0 Å². The lowest BCUT2D eigenvalue weighted by atomic mass is 10.1. The van der Waals surface area contributed by atoms with Crippen molar-refractivity contribution in [3.05, 3.63) is 18.0 Å². The van der Waals surface area contributed by atoms with Crippen LogP contribution in [-0.4, -0.2) is 41.4 Å². The van der Waals surface area contributed by atoms with E-state index in [0.29, 0.717) is 6.04 Å². The molecule has 0 spiro atoms. The van der Waals surface area contributed by atoms with Crippen LogP contribution >= 0.6 is 0 Å². The van der Waals surface area contributed by atoms with Gasteiger partial charge in [-0.1, -0.05) is 20.8 Å². The van der Waals surface area contributed by atoms with E-state index in [1.165, 1.54) is 5.56 Å². The lowest BCUT2D eigenvalue weighted by molar-refractivity contribution is 0.284. The minimum Gasteiger partial charge on any atom is -0.313 e. The summed E-state index contributed by atoms with van der Waals surface area (Å²) < 4.78 is 2.04. The van der Waals surface area contributed by atoms with E-state index in [1.807, 2.05) is 17.9 Å². The molecule has 0 aromatic carbocycles. The second-order valence-corrected chi connectivity index (χ2v) is 4.69. The summed E-state index contributed by atoms with van der Waals surface area (Å²) in [6, 6.07) is 0.413. The lowest BCUT2D eigenvalue weighted by Gasteiger charge is -2.21. The second kappa shape index (κ2) is 8.27. The predicted octanol–water partition coefficient (Wildman–Crippen LogP) is 2.29. The molecule has 104 valence electrons. The molecular weight excluding hydrogens is 224 g/mol. The normalized spacial score (nSPS) is 13.2. The van der Waals surface area contributed by atoms with Crippen molar-refractivity contribution in [1.82, 2.24) is 20.0 Å². The summed E-state index contributed by atoms with van der Waals surface area (Å²) in [5, 5.41) is 7.80. The van der Waals surface area contributed by atoms with Crippen LogP contribution in [0.5, 0.6) is 0 Å². The van der Waals surface area contributed by atoms with Gasteiger partial charge < -0.3 is 10.2 Å². The molecule has 1 aromatic rings. The Morgan fingerprint density at radius 2 is 2.06 bits per heavy atom. The second-order valence-electron chi connectivity index (χ2n) is 4.69. The smallest absolute Gasteiger partial charge is 0.0537 e. The van der Waals surface area contributed by atoms with E-state index in [9.17, 15) is 0 Å². The number of hydrogen-bond donors (Lipinski definition) is 1. The Bertz CT molecular complexity index is 317. The first-order chi connectivity index (χ1) is 8.74. The molecule has 0 radical (unpaired) electrons. The van der Waals surface area contributed by atoms with Crippen molar-refractivity contribution in [3.8, 4) is 0 Å². The highest BCUT2D eigenvalue weighted by Gasteiger charge is 2.12. The van der Waals surface area contributed by atoms with Crippen molar-refractivity contribution in [2.45, 2.75) is 46.2 Å². The van der Waals surface area contributed by atoms with Gasteiger partial charge in [0.05, 0.1) is 6.20 Å². The number of aryl methyl sites for hydroxylation is 1. The summed E-state index contributed by atoms with van der Waals surface area (Å²) >= 11 is 0. The number of rotatable bonds is 9. The van der Waals surface area contributed by atoms with Crippen LogP contribution in [-0.2, 0) is 6.54 Å². The van der Waals surface area contributed by atoms with E-state index in [2.05, 4.69) is 42.3 Å². The summed E-state index contributed by atoms with van der Waals surface area (Å²) in [5.74, 6) is 0. The number of nitrogens with zero attached hydrogens (tertiary/aromatic N) is 3. The number of nitrogens with one attached hydrogen (secondary N) is 1. The molecule has 4 heteroatoms. The molecule has 1 rings (SSSR count). The van der Waals surface area contributed by atoms with Gasteiger partial charge in [-0.15, -0.1) is 0 Å². The van der Waals surface area contributed by atoms with Gasteiger partial charge in [0.15, 0.2) is 0 Å².